The molecule has 0 aliphatic heterocycles. The largest absolute Gasteiger partial charge is 0.387 e. The minimum atomic E-state index is -0.939. The van der Waals surface area contributed by atoms with Gasteiger partial charge >= 0.3 is 0 Å². The van der Waals surface area contributed by atoms with Crippen LogP contribution in [0.2, 0.25) is 0 Å². The summed E-state index contributed by atoms with van der Waals surface area (Å²) in [6, 6.07) is 4.82. The number of hydrogen-bond acceptors (Lipinski definition) is 2. The predicted octanol–water partition coefficient (Wildman–Crippen LogP) is 2.92. The van der Waals surface area contributed by atoms with Gasteiger partial charge in [0.15, 0.2) is 0 Å². The maximum absolute atomic E-state index is 13.3. The molecule has 1 rings (SSSR count). The summed E-state index contributed by atoms with van der Waals surface area (Å²) < 4.78 is 18.7. The fourth-order valence-corrected chi connectivity index (χ4v) is 1.99. The van der Waals surface area contributed by atoms with Crippen molar-refractivity contribution in [3.63, 3.8) is 0 Å². The average Bonchev–Trinajstić information content (AvgIpc) is 2.25. The van der Waals surface area contributed by atoms with Crippen LogP contribution in [0, 0.1) is 5.82 Å². The van der Waals surface area contributed by atoms with Crippen LogP contribution in [0.5, 0.6) is 0 Å². The van der Waals surface area contributed by atoms with E-state index >= 15 is 0 Å². The Morgan fingerprint density at radius 2 is 2.19 bits per heavy atom. The lowest BCUT2D eigenvalue weighted by molar-refractivity contribution is -0.0334. The molecule has 1 atom stereocenters. The highest BCUT2D eigenvalue weighted by atomic mass is 79.9. The molecule has 0 bridgehead atoms. The normalized spacial score (nSPS) is 14.8. The summed E-state index contributed by atoms with van der Waals surface area (Å²) in [6.45, 7) is 2.12. The third-order valence-electron chi connectivity index (χ3n) is 2.62. The first-order chi connectivity index (χ1) is 7.52. The van der Waals surface area contributed by atoms with Gasteiger partial charge in [-0.3, -0.25) is 0 Å². The third-order valence-corrected chi connectivity index (χ3v) is 3.51. The second-order valence-corrected chi connectivity index (χ2v) is 4.69. The molecule has 16 heavy (non-hydrogen) atoms. The molecule has 0 aromatic heterocycles. The first-order valence-corrected chi connectivity index (χ1v) is 5.96. The van der Waals surface area contributed by atoms with Crippen LogP contribution in [0.4, 0.5) is 4.39 Å². The Bertz CT molecular complexity index is 357. The van der Waals surface area contributed by atoms with E-state index in [1.54, 1.807) is 19.2 Å². The van der Waals surface area contributed by atoms with Crippen LogP contribution in [-0.2, 0) is 11.2 Å². The molecule has 2 nitrogen and oxygen atoms in total. The van der Waals surface area contributed by atoms with Crippen molar-refractivity contribution in [3.8, 4) is 0 Å². The van der Waals surface area contributed by atoms with Gasteiger partial charge in [-0.1, -0.05) is 19.1 Å². The molecule has 1 unspecified atom stereocenters. The van der Waals surface area contributed by atoms with Crippen molar-refractivity contribution >= 4 is 15.9 Å². The molecule has 0 saturated carbocycles. The van der Waals surface area contributed by atoms with E-state index in [4.69, 9.17) is 4.74 Å². The number of aliphatic hydroxyl groups is 1. The number of methoxy groups -OCH3 is 1. The van der Waals surface area contributed by atoms with E-state index in [9.17, 15) is 9.50 Å². The number of hydrogen-bond donors (Lipinski definition) is 1. The van der Waals surface area contributed by atoms with Crippen molar-refractivity contribution in [2.24, 2.45) is 0 Å². The summed E-state index contributed by atoms with van der Waals surface area (Å²) in [5, 5.41) is 10.2. The fourth-order valence-electron chi connectivity index (χ4n) is 1.59. The highest BCUT2D eigenvalue weighted by Crippen LogP contribution is 2.26. The molecule has 0 fully saturated rings. The number of rotatable bonds is 5. The Morgan fingerprint density at radius 1 is 1.50 bits per heavy atom. The van der Waals surface area contributed by atoms with Gasteiger partial charge in [0.1, 0.15) is 5.82 Å². The zero-order valence-electron chi connectivity index (χ0n) is 9.46. The summed E-state index contributed by atoms with van der Waals surface area (Å²) in [4.78, 5) is 0. The Labute approximate surface area is 104 Å². The topological polar surface area (TPSA) is 29.5 Å². The van der Waals surface area contributed by atoms with Crippen LogP contribution in [0.3, 0.4) is 0 Å². The van der Waals surface area contributed by atoms with Crippen molar-refractivity contribution in [1.29, 1.82) is 0 Å². The van der Waals surface area contributed by atoms with Gasteiger partial charge < -0.3 is 9.84 Å². The van der Waals surface area contributed by atoms with E-state index in [0.29, 0.717) is 17.3 Å². The van der Waals surface area contributed by atoms with Gasteiger partial charge in [0.25, 0.3) is 0 Å². The molecule has 0 heterocycles. The van der Waals surface area contributed by atoms with E-state index in [2.05, 4.69) is 15.9 Å². The number of halogens is 2. The van der Waals surface area contributed by atoms with E-state index in [1.165, 1.54) is 6.07 Å². The van der Waals surface area contributed by atoms with E-state index in [1.807, 2.05) is 6.92 Å². The maximum Gasteiger partial charge on any atom is 0.137 e. The van der Waals surface area contributed by atoms with Gasteiger partial charge in [0, 0.05) is 13.5 Å². The van der Waals surface area contributed by atoms with E-state index in [-0.39, 0.29) is 12.4 Å². The Kier molecular flexibility index (Phi) is 4.89. The summed E-state index contributed by atoms with van der Waals surface area (Å²) in [7, 11) is 1.54. The Morgan fingerprint density at radius 3 is 2.75 bits per heavy atom. The van der Waals surface area contributed by atoms with E-state index in [0.717, 1.165) is 5.56 Å². The Hall–Kier alpha value is -0.450. The standard InChI is InChI=1S/C12H16BrFO2/c1-3-12(15,8-16-2)7-9-5-4-6-10(14)11(9)13/h4-6,15H,3,7-8H2,1-2H3. The molecule has 0 spiro atoms. The minimum Gasteiger partial charge on any atom is -0.387 e. The summed E-state index contributed by atoms with van der Waals surface area (Å²) in [5.74, 6) is -0.312. The van der Waals surface area contributed by atoms with Gasteiger partial charge in [-0.2, -0.15) is 0 Å². The van der Waals surface area contributed by atoms with Gasteiger partial charge in [-0.05, 0) is 34.0 Å². The first-order valence-electron chi connectivity index (χ1n) is 5.16. The van der Waals surface area contributed by atoms with Crippen molar-refractivity contribution in [2.45, 2.75) is 25.4 Å². The lowest BCUT2D eigenvalue weighted by atomic mass is 9.93. The van der Waals surface area contributed by atoms with Crippen LogP contribution in [0.25, 0.3) is 0 Å². The molecule has 0 aliphatic rings. The molecular formula is C12H16BrFO2. The molecule has 0 saturated heterocycles. The quantitative estimate of drug-likeness (QED) is 0.904. The van der Waals surface area contributed by atoms with Gasteiger partial charge in [0.05, 0.1) is 16.7 Å². The zero-order chi connectivity index (χ0) is 12.2. The van der Waals surface area contributed by atoms with Crippen molar-refractivity contribution in [1.82, 2.24) is 0 Å². The molecule has 90 valence electrons. The van der Waals surface area contributed by atoms with Crippen LogP contribution in [-0.4, -0.2) is 24.4 Å². The fraction of sp³-hybridized carbons (Fsp3) is 0.500. The predicted molar refractivity (Wildman–Crippen MR) is 64.9 cm³/mol. The SMILES string of the molecule is CCC(O)(COC)Cc1cccc(F)c1Br. The molecule has 1 N–H and O–H groups in total. The van der Waals surface area contributed by atoms with E-state index < -0.39 is 5.60 Å². The molecular weight excluding hydrogens is 275 g/mol. The monoisotopic (exact) mass is 290 g/mol. The van der Waals surface area contributed by atoms with Crippen LogP contribution in [0.15, 0.2) is 22.7 Å². The second-order valence-electron chi connectivity index (χ2n) is 3.90. The second kappa shape index (κ2) is 5.75. The lowest BCUT2D eigenvalue weighted by Gasteiger charge is -2.26. The van der Waals surface area contributed by atoms with Gasteiger partial charge in [-0.25, -0.2) is 4.39 Å². The molecule has 1 aromatic carbocycles. The highest BCUT2D eigenvalue weighted by molar-refractivity contribution is 9.10. The molecule has 0 amide bonds. The van der Waals surface area contributed by atoms with Crippen LogP contribution in [0.1, 0.15) is 18.9 Å². The summed E-state index contributed by atoms with van der Waals surface area (Å²) in [6.07, 6.45) is 0.930. The molecule has 0 radical (unpaired) electrons. The Balaban J connectivity index is 2.90. The first kappa shape index (κ1) is 13.6. The van der Waals surface area contributed by atoms with Crippen molar-refractivity contribution < 1.29 is 14.2 Å². The smallest absolute Gasteiger partial charge is 0.137 e. The zero-order valence-corrected chi connectivity index (χ0v) is 11.1. The highest BCUT2D eigenvalue weighted by Gasteiger charge is 2.26. The van der Waals surface area contributed by atoms with Gasteiger partial charge in [-0.15, -0.1) is 0 Å². The summed E-state index contributed by atoms with van der Waals surface area (Å²) >= 11 is 3.19. The van der Waals surface area contributed by atoms with Crippen LogP contribution < -0.4 is 0 Å². The average molecular weight is 291 g/mol. The maximum atomic E-state index is 13.3. The lowest BCUT2D eigenvalue weighted by Crippen LogP contribution is -2.36. The number of benzene rings is 1. The summed E-state index contributed by atoms with van der Waals surface area (Å²) in [5.41, 5.74) is -0.188. The molecule has 4 heteroatoms. The van der Waals surface area contributed by atoms with Crippen molar-refractivity contribution in [2.75, 3.05) is 13.7 Å². The van der Waals surface area contributed by atoms with Crippen LogP contribution >= 0.6 is 15.9 Å². The minimum absolute atomic E-state index is 0.243. The van der Waals surface area contributed by atoms with Gasteiger partial charge in [0.2, 0.25) is 0 Å². The van der Waals surface area contributed by atoms with Crippen molar-refractivity contribution in [3.05, 3.63) is 34.1 Å². The molecule has 0 aliphatic carbocycles. The number of ether oxygens (including phenoxy) is 1. The third kappa shape index (κ3) is 3.27. The molecule has 1 aromatic rings.